The zero-order valence-electron chi connectivity index (χ0n) is 10.9. The molecule has 1 aromatic rings. The Morgan fingerprint density at radius 1 is 1.44 bits per heavy atom. The van der Waals surface area contributed by atoms with E-state index < -0.39 is 0 Å². The van der Waals surface area contributed by atoms with Gasteiger partial charge in [-0.05, 0) is 18.8 Å². The summed E-state index contributed by atoms with van der Waals surface area (Å²) in [7, 11) is 1.70. The van der Waals surface area contributed by atoms with E-state index >= 15 is 0 Å². The highest BCUT2D eigenvalue weighted by Crippen LogP contribution is 2.31. The summed E-state index contributed by atoms with van der Waals surface area (Å²) in [5.41, 5.74) is 8.08. The fourth-order valence-electron chi connectivity index (χ4n) is 2.37. The molecule has 0 bridgehead atoms. The summed E-state index contributed by atoms with van der Waals surface area (Å²) >= 11 is 1.67. The molecule has 2 heterocycles. The van der Waals surface area contributed by atoms with E-state index in [-0.39, 0.29) is 0 Å². The molecule has 2 rings (SSSR count). The maximum absolute atomic E-state index is 5.98. The average molecular weight is 270 g/mol. The van der Waals surface area contributed by atoms with Gasteiger partial charge in [0.2, 0.25) is 0 Å². The molecular weight excluding hydrogens is 248 g/mol. The molecule has 0 radical (unpaired) electrons. The third kappa shape index (κ3) is 3.60. The summed E-state index contributed by atoms with van der Waals surface area (Å²) in [4.78, 5) is 2.39. The van der Waals surface area contributed by atoms with Crippen molar-refractivity contribution in [3.05, 3.63) is 10.8 Å². The van der Waals surface area contributed by atoms with Crippen molar-refractivity contribution < 1.29 is 9.47 Å². The minimum atomic E-state index is 0.606. The number of piperidine rings is 1. The molecule has 0 spiro atoms. The van der Waals surface area contributed by atoms with E-state index in [1.54, 1.807) is 18.4 Å². The number of anilines is 2. The van der Waals surface area contributed by atoms with Gasteiger partial charge >= 0.3 is 0 Å². The Morgan fingerprint density at radius 2 is 2.33 bits per heavy atom. The first-order valence-corrected chi connectivity index (χ1v) is 7.39. The van der Waals surface area contributed by atoms with Gasteiger partial charge in [-0.25, -0.2) is 0 Å². The zero-order chi connectivity index (χ0) is 12.8. The minimum absolute atomic E-state index is 0.606. The second-order valence-corrected chi connectivity index (χ2v) is 5.48. The summed E-state index contributed by atoms with van der Waals surface area (Å²) in [5.74, 6) is 0.606. The van der Waals surface area contributed by atoms with Crippen molar-refractivity contribution in [2.75, 3.05) is 50.7 Å². The lowest BCUT2D eigenvalue weighted by molar-refractivity contribution is 0.0485. The van der Waals surface area contributed by atoms with Gasteiger partial charge in [0.25, 0.3) is 0 Å². The van der Waals surface area contributed by atoms with Crippen molar-refractivity contribution in [3.8, 4) is 0 Å². The number of thiophene rings is 1. The van der Waals surface area contributed by atoms with E-state index in [1.165, 1.54) is 18.5 Å². The standard InChI is InChI=1S/C13H22N2O2S/c1-16-5-6-17-8-11-3-2-4-15(7-11)13-10-18-9-12(13)14/h9-11H,2-8,14H2,1H3. The molecule has 1 aliphatic rings. The van der Waals surface area contributed by atoms with Crippen molar-refractivity contribution in [3.63, 3.8) is 0 Å². The van der Waals surface area contributed by atoms with Gasteiger partial charge in [-0.1, -0.05) is 0 Å². The van der Waals surface area contributed by atoms with Crippen LogP contribution in [0.2, 0.25) is 0 Å². The molecule has 1 aromatic heterocycles. The molecule has 1 unspecified atom stereocenters. The second kappa shape index (κ2) is 6.97. The molecular formula is C13H22N2O2S. The summed E-state index contributed by atoms with van der Waals surface area (Å²) in [5, 5.41) is 4.15. The summed E-state index contributed by atoms with van der Waals surface area (Å²) in [6.07, 6.45) is 2.46. The zero-order valence-corrected chi connectivity index (χ0v) is 11.7. The number of rotatable bonds is 6. The third-order valence-corrected chi connectivity index (χ3v) is 4.06. The van der Waals surface area contributed by atoms with Crippen LogP contribution < -0.4 is 10.6 Å². The van der Waals surface area contributed by atoms with Crippen LogP contribution in [0.5, 0.6) is 0 Å². The number of methoxy groups -OCH3 is 1. The van der Waals surface area contributed by atoms with Crippen LogP contribution in [0, 0.1) is 5.92 Å². The van der Waals surface area contributed by atoms with Crippen molar-refractivity contribution in [1.82, 2.24) is 0 Å². The van der Waals surface area contributed by atoms with Crippen LogP contribution in [0.4, 0.5) is 11.4 Å². The second-order valence-electron chi connectivity index (χ2n) is 4.73. The topological polar surface area (TPSA) is 47.7 Å². The number of nitrogen functional groups attached to an aromatic ring is 1. The van der Waals surface area contributed by atoms with Gasteiger partial charge < -0.3 is 20.1 Å². The highest BCUT2D eigenvalue weighted by atomic mass is 32.1. The molecule has 1 aliphatic heterocycles. The van der Waals surface area contributed by atoms with Crippen LogP contribution in [0.1, 0.15) is 12.8 Å². The molecule has 0 aromatic carbocycles. The van der Waals surface area contributed by atoms with Gasteiger partial charge in [0.05, 0.1) is 31.2 Å². The quantitative estimate of drug-likeness (QED) is 0.805. The largest absolute Gasteiger partial charge is 0.396 e. The van der Waals surface area contributed by atoms with E-state index in [0.717, 1.165) is 25.4 Å². The van der Waals surface area contributed by atoms with Gasteiger partial charge in [0.1, 0.15) is 0 Å². The first-order chi connectivity index (χ1) is 8.81. The number of nitrogens with zero attached hydrogens (tertiary/aromatic N) is 1. The lowest BCUT2D eigenvalue weighted by atomic mass is 9.98. The van der Waals surface area contributed by atoms with Crippen molar-refractivity contribution in [2.24, 2.45) is 5.92 Å². The first-order valence-electron chi connectivity index (χ1n) is 6.44. The molecule has 0 saturated carbocycles. The van der Waals surface area contributed by atoms with Gasteiger partial charge in [-0.2, -0.15) is 0 Å². The Morgan fingerprint density at radius 3 is 3.06 bits per heavy atom. The fourth-order valence-corrected chi connectivity index (χ4v) is 3.12. The lowest BCUT2D eigenvalue weighted by Gasteiger charge is -2.34. The molecule has 0 aliphatic carbocycles. The fraction of sp³-hybridized carbons (Fsp3) is 0.692. The normalized spacial score (nSPS) is 20.3. The summed E-state index contributed by atoms with van der Waals surface area (Å²) in [6.45, 7) is 4.34. The van der Waals surface area contributed by atoms with Gasteiger partial charge in [-0.3, -0.25) is 0 Å². The SMILES string of the molecule is COCCOCC1CCCN(c2cscc2N)C1. The van der Waals surface area contributed by atoms with Gasteiger partial charge in [-0.15, -0.1) is 11.3 Å². The Balaban J connectivity index is 1.80. The molecule has 1 fully saturated rings. The number of hydrogen-bond acceptors (Lipinski definition) is 5. The Bertz CT molecular complexity index is 357. The number of hydrogen-bond donors (Lipinski definition) is 1. The van der Waals surface area contributed by atoms with Crippen LogP contribution >= 0.6 is 11.3 Å². The smallest absolute Gasteiger partial charge is 0.0708 e. The van der Waals surface area contributed by atoms with E-state index in [0.29, 0.717) is 19.1 Å². The highest BCUT2D eigenvalue weighted by molar-refractivity contribution is 7.08. The van der Waals surface area contributed by atoms with Crippen molar-refractivity contribution in [2.45, 2.75) is 12.8 Å². The van der Waals surface area contributed by atoms with Crippen LogP contribution in [0.15, 0.2) is 10.8 Å². The highest BCUT2D eigenvalue weighted by Gasteiger charge is 2.21. The maximum atomic E-state index is 5.98. The Labute approximate surface area is 113 Å². The molecule has 1 atom stereocenters. The number of nitrogens with two attached hydrogens (primary N) is 1. The predicted molar refractivity (Wildman–Crippen MR) is 76.4 cm³/mol. The van der Waals surface area contributed by atoms with Crippen LogP contribution in [-0.4, -0.2) is 40.0 Å². The third-order valence-electron chi connectivity index (χ3n) is 3.32. The lowest BCUT2D eigenvalue weighted by Crippen LogP contribution is -2.37. The molecule has 1 saturated heterocycles. The van der Waals surface area contributed by atoms with Gasteiger partial charge in [0.15, 0.2) is 0 Å². The van der Waals surface area contributed by atoms with Crippen molar-refractivity contribution in [1.29, 1.82) is 0 Å². The van der Waals surface area contributed by atoms with Crippen LogP contribution in [0.25, 0.3) is 0 Å². The van der Waals surface area contributed by atoms with E-state index in [9.17, 15) is 0 Å². The maximum Gasteiger partial charge on any atom is 0.0708 e. The molecule has 2 N–H and O–H groups in total. The van der Waals surface area contributed by atoms with E-state index in [1.807, 2.05) is 5.38 Å². The molecule has 18 heavy (non-hydrogen) atoms. The molecule has 4 nitrogen and oxygen atoms in total. The van der Waals surface area contributed by atoms with Gasteiger partial charge in [0, 0.05) is 31.0 Å². The predicted octanol–water partition coefficient (Wildman–Crippen LogP) is 2.21. The summed E-state index contributed by atoms with van der Waals surface area (Å²) in [6, 6.07) is 0. The van der Waals surface area contributed by atoms with Crippen LogP contribution in [-0.2, 0) is 9.47 Å². The molecule has 0 amide bonds. The van der Waals surface area contributed by atoms with Crippen molar-refractivity contribution >= 4 is 22.7 Å². The average Bonchev–Trinajstić information content (AvgIpc) is 2.81. The molecule has 102 valence electrons. The Kier molecular flexibility index (Phi) is 5.28. The first kappa shape index (κ1) is 13.6. The number of ether oxygens (including phenoxy) is 2. The van der Waals surface area contributed by atoms with Crippen LogP contribution in [0.3, 0.4) is 0 Å². The summed E-state index contributed by atoms with van der Waals surface area (Å²) < 4.78 is 10.6. The minimum Gasteiger partial charge on any atom is -0.396 e. The monoisotopic (exact) mass is 270 g/mol. The van der Waals surface area contributed by atoms with E-state index in [4.69, 9.17) is 15.2 Å². The Hall–Kier alpha value is -0.780. The molecule has 5 heteroatoms. The van der Waals surface area contributed by atoms with E-state index in [2.05, 4.69) is 10.3 Å².